The summed E-state index contributed by atoms with van der Waals surface area (Å²) in [5, 5.41) is 17.5. The van der Waals surface area contributed by atoms with Gasteiger partial charge in [-0.15, -0.1) is 0 Å². The van der Waals surface area contributed by atoms with E-state index >= 15 is 0 Å². The molecule has 1 aromatic carbocycles. The van der Waals surface area contributed by atoms with E-state index in [0.717, 1.165) is 0 Å². The molecule has 0 fully saturated rings. The van der Waals surface area contributed by atoms with Crippen molar-refractivity contribution in [1.29, 1.82) is 0 Å². The van der Waals surface area contributed by atoms with Crippen molar-refractivity contribution >= 4 is 17.3 Å². The predicted molar refractivity (Wildman–Crippen MR) is 80.1 cm³/mol. The molecule has 1 N–H and O–H groups in total. The summed E-state index contributed by atoms with van der Waals surface area (Å²) in [7, 11) is 0. The van der Waals surface area contributed by atoms with E-state index < -0.39 is 10.8 Å². The Balaban J connectivity index is 2.18. The molecule has 8 heteroatoms. The number of benzene rings is 1. The van der Waals surface area contributed by atoms with Crippen LogP contribution in [0.25, 0.3) is 0 Å². The monoisotopic (exact) mass is 304 g/mol. The Labute approximate surface area is 126 Å². The number of nitrogens with zero attached hydrogens (tertiary/aromatic N) is 3. The Hall–Kier alpha value is -2.90. The van der Waals surface area contributed by atoms with Crippen molar-refractivity contribution in [1.82, 2.24) is 9.78 Å². The molecule has 0 aliphatic rings. The molecule has 22 heavy (non-hydrogen) atoms. The van der Waals surface area contributed by atoms with Crippen molar-refractivity contribution in [2.75, 3.05) is 11.9 Å². The number of anilines is 1. The maximum atomic E-state index is 12.2. The number of carbonyl (C=O) groups is 1. The number of amides is 1. The van der Waals surface area contributed by atoms with Gasteiger partial charge in [0, 0.05) is 12.2 Å². The number of hydrogen-bond donors (Lipinski definition) is 1. The molecule has 0 spiro atoms. The van der Waals surface area contributed by atoms with Crippen LogP contribution in [-0.2, 0) is 6.54 Å². The average molecular weight is 304 g/mol. The highest BCUT2D eigenvalue weighted by atomic mass is 16.6. The number of carbonyl (C=O) groups excluding carboxylic acids is 1. The van der Waals surface area contributed by atoms with Gasteiger partial charge in [0.2, 0.25) is 5.69 Å². The zero-order valence-corrected chi connectivity index (χ0v) is 12.3. The van der Waals surface area contributed by atoms with Gasteiger partial charge in [0.25, 0.3) is 5.91 Å². The van der Waals surface area contributed by atoms with Crippen molar-refractivity contribution < 1.29 is 14.5 Å². The van der Waals surface area contributed by atoms with Gasteiger partial charge in [-0.05, 0) is 38.1 Å². The normalized spacial score (nSPS) is 10.3. The summed E-state index contributed by atoms with van der Waals surface area (Å²) in [5.74, 6) is 0.0600. The number of ether oxygens (including phenoxy) is 1. The highest BCUT2D eigenvalue weighted by Crippen LogP contribution is 2.20. The molecule has 0 unspecified atom stereocenters. The van der Waals surface area contributed by atoms with Gasteiger partial charge < -0.3 is 10.1 Å². The fourth-order valence-electron chi connectivity index (χ4n) is 1.86. The second-order valence-electron chi connectivity index (χ2n) is 4.39. The maximum Gasteiger partial charge on any atom is 0.320 e. The van der Waals surface area contributed by atoms with Gasteiger partial charge >= 0.3 is 5.69 Å². The molecule has 8 nitrogen and oxygen atoms in total. The molecule has 0 bridgehead atoms. The first-order valence-electron chi connectivity index (χ1n) is 6.81. The Morgan fingerprint density at radius 1 is 1.36 bits per heavy atom. The van der Waals surface area contributed by atoms with E-state index in [4.69, 9.17) is 4.74 Å². The molecule has 0 saturated heterocycles. The SMILES string of the molecule is CCOc1ccc(NC(=O)c2nn(CC)cc2[N+](=O)[O-])cc1. The van der Waals surface area contributed by atoms with Gasteiger partial charge in [0.1, 0.15) is 11.9 Å². The second kappa shape index (κ2) is 6.70. The van der Waals surface area contributed by atoms with Crippen LogP contribution < -0.4 is 10.1 Å². The van der Waals surface area contributed by atoms with E-state index in [1.54, 1.807) is 31.2 Å². The maximum absolute atomic E-state index is 12.2. The van der Waals surface area contributed by atoms with E-state index in [-0.39, 0.29) is 11.4 Å². The Bertz CT molecular complexity index is 679. The van der Waals surface area contributed by atoms with Crippen LogP contribution in [0.4, 0.5) is 11.4 Å². The summed E-state index contributed by atoms with van der Waals surface area (Å²) >= 11 is 0. The molecule has 0 atom stereocenters. The Morgan fingerprint density at radius 2 is 2.05 bits per heavy atom. The number of rotatable bonds is 6. The molecule has 2 rings (SSSR count). The first kappa shape index (κ1) is 15.5. The molecule has 1 aromatic heterocycles. The van der Waals surface area contributed by atoms with Crippen LogP contribution in [0.2, 0.25) is 0 Å². The van der Waals surface area contributed by atoms with Crippen LogP contribution in [0.3, 0.4) is 0 Å². The van der Waals surface area contributed by atoms with Crippen molar-refractivity contribution in [3.05, 3.63) is 46.3 Å². The third-order valence-electron chi connectivity index (χ3n) is 2.90. The number of nitrogens with one attached hydrogen (secondary N) is 1. The topological polar surface area (TPSA) is 99.3 Å². The summed E-state index contributed by atoms with van der Waals surface area (Å²) in [4.78, 5) is 22.5. The van der Waals surface area contributed by atoms with E-state index in [0.29, 0.717) is 24.6 Å². The summed E-state index contributed by atoms with van der Waals surface area (Å²) in [5.41, 5.74) is -0.0141. The molecule has 0 radical (unpaired) electrons. The van der Waals surface area contributed by atoms with Crippen molar-refractivity contribution in [3.8, 4) is 5.75 Å². The fourth-order valence-corrected chi connectivity index (χ4v) is 1.86. The smallest absolute Gasteiger partial charge is 0.320 e. The van der Waals surface area contributed by atoms with Gasteiger partial charge in [0.05, 0.1) is 11.5 Å². The first-order chi connectivity index (χ1) is 10.5. The van der Waals surface area contributed by atoms with Gasteiger partial charge in [0.15, 0.2) is 0 Å². The highest BCUT2D eigenvalue weighted by Gasteiger charge is 2.25. The van der Waals surface area contributed by atoms with Crippen molar-refractivity contribution in [2.24, 2.45) is 0 Å². The van der Waals surface area contributed by atoms with Crippen LogP contribution in [0.5, 0.6) is 5.75 Å². The zero-order chi connectivity index (χ0) is 16.1. The fraction of sp³-hybridized carbons (Fsp3) is 0.286. The quantitative estimate of drug-likeness (QED) is 0.652. The molecule has 116 valence electrons. The minimum atomic E-state index is -0.622. The summed E-state index contributed by atoms with van der Waals surface area (Å²) in [6.07, 6.45) is 1.24. The van der Waals surface area contributed by atoms with Crippen LogP contribution in [0, 0.1) is 10.1 Å². The third kappa shape index (κ3) is 3.40. The predicted octanol–water partition coefficient (Wildman–Crippen LogP) is 2.46. The van der Waals surface area contributed by atoms with Gasteiger partial charge in [-0.1, -0.05) is 0 Å². The lowest BCUT2D eigenvalue weighted by Crippen LogP contribution is -2.14. The molecular weight excluding hydrogens is 288 g/mol. The van der Waals surface area contributed by atoms with E-state index in [9.17, 15) is 14.9 Å². The van der Waals surface area contributed by atoms with E-state index in [1.165, 1.54) is 10.9 Å². The molecule has 0 saturated carbocycles. The minimum absolute atomic E-state index is 0.208. The minimum Gasteiger partial charge on any atom is -0.494 e. The number of aryl methyl sites for hydroxylation is 1. The van der Waals surface area contributed by atoms with Crippen LogP contribution >= 0.6 is 0 Å². The van der Waals surface area contributed by atoms with Crippen molar-refractivity contribution in [3.63, 3.8) is 0 Å². The van der Waals surface area contributed by atoms with Gasteiger partial charge in [-0.3, -0.25) is 19.6 Å². The number of hydrogen-bond acceptors (Lipinski definition) is 5. The standard InChI is InChI=1S/C14H16N4O4/c1-3-17-9-12(18(20)21)13(16-17)14(19)15-10-5-7-11(8-6-10)22-4-2/h5-9H,3-4H2,1-2H3,(H,15,19). The van der Waals surface area contributed by atoms with E-state index in [2.05, 4.69) is 10.4 Å². The molecule has 2 aromatic rings. The molecule has 0 aliphatic heterocycles. The summed E-state index contributed by atoms with van der Waals surface area (Å²) < 4.78 is 6.65. The first-order valence-corrected chi connectivity index (χ1v) is 6.81. The highest BCUT2D eigenvalue weighted by molar-refractivity contribution is 6.05. The summed E-state index contributed by atoms with van der Waals surface area (Å²) in [6.45, 7) is 4.65. The Morgan fingerprint density at radius 3 is 2.59 bits per heavy atom. The van der Waals surface area contributed by atoms with Crippen LogP contribution in [0.15, 0.2) is 30.5 Å². The molecule has 0 aliphatic carbocycles. The number of nitro groups is 1. The molecular formula is C14H16N4O4. The lowest BCUT2D eigenvalue weighted by molar-refractivity contribution is -0.385. The van der Waals surface area contributed by atoms with E-state index in [1.807, 2.05) is 6.92 Å². The lowest BCUT2D eigenvalue weighted by Gasteiger charge is -2.05. The van der Waals surface area contributed by atoms with Crippen LogP contribution in [-0.4, -0.2) is 27.2 Å². The van der Waals surface area contributed by atoms with Gasteiger partial charge in [-0.25, -0.2) is 0 Å². The second-order valence-corrected chi connectivity index (χ2v) is 4.39. The number of aromatic nitrogens is 2. The largest absolute Gasteiger partial charge is 0.494 e. The lowest BCUT2D eigenvalue weighted by atomic mass is 10.3. The van der Waals surface area contributed by atoms with Crippen LogP contribution in [0.1, 0.15) is 24.3 Å². The van der Waals surface area contributed by atoms with Gasteiger partial charge in [-0.2, -0.15) is 5.10 Å². The third-order valence-corrected chi connectivity index (χ3v) is 2.90. The average Bonchev–Trinajstić information content (AvgIpc) is 2.94. The Kier molecular flexibility index (Phi) is 4.72. The van der Waals surface area contributed by atoms with Crippen molar-refractivity contribution in [2.45, 2.75) is 20.4 Å². The molecule has 1 heterocycles. The zero-order valence-electron chi connectivity index (χ0n) is 12.3. The molecule has 1 amide bonds. The summed E-state index contributed by atoms with van der Waals surface area (Å²) in [6, 6.07) is 6.73.